The van der Waals surface area contributed by atoms with Crippen LogP contribution in [0.3, 0.4) is 0 Å². The highest BCUT2D eigenvalue weighted by atomic mass is 32.1. The van der Waals surface area contributed by atoms with Gasteiger partial charge in [0.1, 0.15) is 5.01 Å². The molecule has 1 aliphatic heterocycles. The maximum Gasteiger partial charge on any atom is 0.231 e. The quantitative estimate of drug-likeness (QED) is 0.911. The molecule has 1 aromatic heterocycles. The summed E-state index contributed by atoms with van der Waals surface area (Å²) in [5.41, 5.74) is 3.44. The molecular weight excluding hydrogens is 322 g/mol. The molecule has 0 saturated carbocycles. The van der Waals surface area contributed by atoms with E-state index in [1.54, 1.807) is 0 Å². The summed E-state index contributed by atoms with van der Waals surface area (Å²) in [6.07, 6.45) is 2.65. The van der Waals surface area contributed by atoms with Gasteiger partial charge in [0.2, 0.25) is 11.0 Å². The molecule has 1 fully saturated rings. The summed E-state index contributed by atoms with van der Waals surface area (Å²) in [7, 11) is 0. The monoisotopic (exact) mass is 345 g/mol. The summed E-state index contributed by atoms with van der Waals surface area (Å²) < 4.78 is 5.71. The number of ether oxygens (including phenoxy) is 1. The number of anilines is 1. The number of aryl methyl sites for hydroxylation is 2. The van der Waals surface area contributed by atoms with Gasteiger partial charge in [-0.25, -0.2) is 0 Å². The van der Waals surface area contributed by atoms with Crippen LogP contribution >= 0.6 is 11.3 Å². The molecule has 2 atom stereocenters. The summed E-state index contributed by atoms with van der Waals surface area (Å²) >= 11 is 1.41. The molecular formula is C18H23N3O2S. The molecule has 1 aliphatic rings. The van der Waals surface area contributed by atoms with Crippen LogP contribution < -0.4 is 5.32 Å². The summed E-state index contributed by atoms with van der Waals surface area (Å²) in [5.74, 6) is -0.109. The van der Waals surface area contributed by atoms with Gasteiger partial charge in [-0.05, 0) is 38.7 Å². The molecule has 0 aliphatic carbocycles. The number of hydrogen-bond donors (Lipinski definition) is 1. The number of carbonyl (C=O) groups excluding carboxylic acids is 1. The summed E-state index contributed by atoms with van der Waals surface area (Å²) in [6, 6.07) is 6.24. The van der Waals surface area contributed by atoms with E-state index in [-0.39, 0.29) is 17.9 Å². The fourth-order valence-electron chi connectivity index (χ4n) is 3.18. The first-order chi connectivity index (χ1) is 11.6. The summed E-state index contributed by atoms with van der Waals surface area (Å²) in [6.45, 7) is 6.93. The highest BCUT2D eigenvalue weighted by Gasteiger charge is 2.31. The van der Waals surface area contributed by atoms with Crippen molar-refractivity contribution < 1.29 is 9.53 Å². The Morgan fingerprint density at radius 1 is 1.38 bits per heavy atom. The van der Waals surface area contributed by atoms with Crippen molar-refractivity contribution in [2.24, 2.45) is 5.92 Å². The molecule has 1 N–H and O–H groups in total. The minimum absolute atomic E-state index is 0.00508. The molecule has 6 heteroatoms. The third kappa shape index (κ3) is 3.65. The van der Waals surface area contributed by atoms with Crippen molar-refractivity contribution >= 4 is 22.4 Å². The topological polar surface area (TPSA) is 64.1 Å². The van der Waals surface area contributed by atoms with Crippen molar-refractivity contribution in [3.63, 3.8) is 0 Å². The summed E-state index contributed by atoms with van der Waals surface area (Å²) in [4.78, 5) is 12.5. The molecule has 24 heavy (non-hydrogen) atoms. The first-order valence-corrected chi connectivity index (χ1v) is 9.23. The second kappa shape index (κ2) is 7.40. The Balaban J connectivity index is 1.72. The van der Waals surface area contributed by atoms with Gasteiger partial charge >= 0.3 is 0 Å². The third-order valence-corrected chi connectivity index (χ3v) is 5.32. The zero-order chi connectivity index (χ0) is 17.1. The van der Waals surface area contributed by atoms with Crippen LogP contribution in [0, 0.1) is 19.8 Å². The Kier molecular flexibility index (Phi) is 5.26. The zero-order valence-electron chi connectivity index (χ0n) is 14.3. The molecule has 1 saturated heterocycles. The van der Waals surface area contributed by atoms with Crippen molar-refractivity contribution in [3.8, 4) is 10.6 Å². The Labute approximate surface area is 146 Å². The predicted molar refractivity (Wildman–Crippen MR) is 96.2 cm³/mol. The number of benzene rings is 1. The Morgan fingerprint density at radius 3 is 2.96 bits per heavy atom. The largest absolute Gasteiger partial charge is 0.377 e. The van der Waals surface area contributed by atoms with Crippen molar-refractivity contribution in [1.29, 1.82) is 0 Å². The van der Waals surface area contributed by atoms with Crippen LogP contribution in [0.15, 0.2) is 18.2 Å². The van der Waals surface area contributed by atoms with Crippen molar-refractivity contribution in [2.45, 2.75) is 46.1 Å². The fraction of sp³-hybridized carbons (Fsp3) is 0.500. The molecule has 3 rings (SSSR count). The Hall–Kier alpha value is -1.79. The summed E-state index contributed by atoms with van der Waals surface area (Å²) in [5, 5.41) is 12.7. The van der Waals surface area contributed by atoms with E-state index in [1.165, 1.54) is 16.9 Å². The smallest absolute Gasteiger partial charge is 0.231 e. The van der Waals surface area contributed by atoms with Crippen LogP contribution in [-0.2, 0) is 9.53 Å². The van der Waals surface area contributed by atoms with Gasteiger partial charge < -0.3 is 10.1 Å². The second-order valence-corrected chi connectivity index (χ2v) is 7.26. The number of nitrogens with zero attached hydrogens (tertiary/aromatic N) is 2. The van der Waals surface area contributed by atoms with E-state index in [0.717, 1.165) is 42.0 Å². The average molecular weight is 345 g/mol. The third-order valence-electron chi connectivity index (χ3n) is 4.45. The number of carbonyl (C=O) groups is 1. The maximum absolute atomic E-state index is 12.5. The average Bonchev–Trinajstić information content (AvgIpc) is 3.02. The van der Waals surface area contributed by atoms with Gasteiger partial charge in [0.05, 0.1) is 12.0 Å². The van der Waals surface area contributed by atoms with E-state index >= 15 is 0 Å². The first kappa shape index (κ1) is 17.0. The van der Waals surface area contributed by atoms with E-state index in [1.807, 2.05) is 0 Å². The van der Waals surface area contributed by atoms with E-state index in [9.17, 15) is 4.79 Å². The number of rotatable bonds is 4. The Bertz CT molecular complexity index is 729. The van der Waals surface area contributed by atoms with E-state index in [4.69, 9.17) is 4.74 Å². The molecule has 1 aromatic carbocycles. The lowest BCUT2D eigenvalue weighted by Crippen LogP contribution is -2.37. The van der Waals surface area contributed by atoms with Crippen LogP contribution in [-0.4, -0.2) is 28.8 Å². The lowest BCUT2D eigenvalue weighted by molar-refractivity contribution is -0.129. The van der Waals surface area contributed by atoms with Gasteiger partial charge in [-0.1, -0.05) is 42.0 Å². The Morgan fingerprint density at radius 2 is 2.21 bits per heavy atom. The predicted octanol–water partition coefficient (Wildman–Crippen LogP) is 3.97. The highest BCUT2D eigenvalue weighted by molar-refractivity contribution is 7.18. The molecule has 0 spiro atoms. The van der Waals surface area contributed by atoms with E-state index in [2.05, 4.69) is 54.5 Å². The zero-order valence-corrected chi connectivity index (χ0v) is 15.2. The number of aromatic nitrogens is 2. The molecule has 1 amide bonds. The molecule has 2 aromatic rings. The molecule has 5 nitrogen and oxygen atoms in total. The number of nitrogens with one attached hydrogen (secondary N) is 1. The lowest BCUT2D eigenvalue weighted by atomic mass is 9.92. The van der Waals surface area contributed by atoms with Crippen molar-refractivity contribution in [3.05, 3.63) is 29.3 Å². The number of amides is 1. The highest BCUT2D eigenvalue weighted by Crippen LogP contribution is 2.30. The first-order valence-electron chi connectivity index (χ1n) is 8.42. The minimum atomic E-state index is -0.0998. The number of hydrogen-bond acceptors (Lipinski definition) is 5. The lowest BCUT2D eigenvalue weighted by Gasteiger charge is -2.29. The normalized spacial score (nSPS) is 20.8. The SMILES string of the molecule is CCC1OCCCC1C(=O)Nc1nnc(-c2ccc(C)cc2C)s1. The molecule has 0 bridgehead atoms. The van der Waals surface area contributed by atoms with Gasteiger partial charge in [-0.3, -0.25) is 4.79 Å². The van der Waals surface area contributed by atoms with Crippen LogP contribution in [0.1, 0.15) is 37.3 Å². The van der Waals surface area contributed by atoms with Gasteiger partial charge in [-0.15, -0.1) is 10.2 Å². The molecule has 128 valence electrons. The minimum Gasteiger partial charge on any atom is -0.377 e. The van der Waals surface area contributed by atoms with Crippen molar-refractivity contribution in [1.82, 2.24) is 10.2 Å². The maximum atomic E-state index is 12.5. The van der Waals surface area contributed by atoms with Gasteiger partial charge in [-0.2, -0.15) is 0 Å². The molecule has 2 heterocycles. The van der Waals surface area contributed by atoms with Crippen LogP contribution in [0.2, 0.25) is 0 Å². The van der Waals surface area contributed by atoms with Gasteiger partial charge in [0, 0.05) is 12.2 Å². The van der Waals surface area contributed by atoms with Gasteiger partial charge in [0.25, 0.3) is 0 Å². The standard InChI is InChI=1S/C18H23N3O2S/c1-4-15-14(6-5-9-23-15)16(22)19-18-21-20-17(24-18)13-8-7-11(2)10-12(13)3/h7-8,10,14-15H,4-6,9H2,1-3H3,(H,19,21,22). The van der Waals surface area contributed by atoms with E-state index in [0.29, 0.717) is 5.13 Å². The van der Waals surface area contributed by atoms with E-state index < -0.39 is 0 Å². The molecule has 2 unspecified atom stereocenters. The van der Waals surface area contributed by atoms with Crippen LogP contribution in [0.25, 0.3) is 10.6 Å². The van der Waals surface area contributed by atoms with Gasteiger partial charge in [0.15, 0.2) is 0 Å². The van der Waals surface area contributed by atoms with Crippen molar-refractivity contribution in [2.75, 3.05) is 11.9 Å². The second-order valence-electron chi connectivity index (χ2n) is 6.29. The van der Waals surface area contributed by atoms with Crippen LogP contribution in [0.4, 0.5) is 5.13 Å². The fourth-order valence-corrected chi connectivity index (χ4v) is 4.01. The molecule has 0 radical (unpaired) electrons. The van der Waals surface area contributed by atoms with Crippen LogP contribution in [0.5, 0.6) is 0 Å².